The third kappa shape index (κ3) is 3.18. The number of amides is 2. The predicted octanol–water partition coefficient (Wildman–Crippen LogP) is 2.96. The Kier molecular flexibility index (Phi) is 4.15. The summed E-state index contributed by atoms with van der Waals surface area (Å²) in [6.45, 7) is 1.92. The van der Waals surface area contributed by atoms with Crippen LogP contribution in [-0.2, 0) is 0 Å². The number of rotatable bonds is 2. The number of hydrogen-bond donors (Lipinski definition) is 2. The van der Waals surface area contributed by atoms with E-state index in [1.807, 2.05) is 13.0 Å². The Balaban J connectivity index is 1.92. The molecule has 2 amide bonds. The smallest absolute Gasteiger partial charge is 0.266 e. The molecule has 2 rings (SSSR count). The SMILES string of the molecule is Cc1ccc(C(=O)NNC(=O)c2ccc(Br)s2)s1. The highest BCUT2D eigenvalue weighted by atomic mass is 79.9. The lowest BCUT2D eigenvalue weighted by Crippen LogP contribution is -2.41. The minimum atomic E-state index is -0.327. The van der Waals surface area contributed by atoms with E-state index in [0.29, 0.717) is 9.75 Å². The van der Waals surface area contributed by atoms with Crippen LogP contribution in [0.25, 0.3) is 0 Å². The van der Waals surface area contributed by atoms with E-state index in [4.69, 9.17) is 0 Å². The third-order valence-corrected chi connectivity index (χ3v) is 4.67. The number of nitrogens with one attached hydrogen (secondary N) is 2. The Bertz CT molecular complexity index is 539. The molecular formula is C11H9BrN2O2S2. The Morgan fingerprint density at radius 3 is 2.00 bits per heavy atom. The van der Waals surface area contributed by atoms with Gasteiger partial charge in [0.1, 0.15) is 0 Å². The van der Waals surface area contributed by atoms with Gasteiger partial charge in [-0.05, 0) is 47.1 Å². The fourth-order valence-corrected chi connectivity index (χ4v) is 3.27. The van der Waals surface area contributed by atoms with E-state index in [9.17, 15) is 9.59 Å². The van der Waals surface area contributed by atoms with E-state index in [-0.39, 0.29) is 11.8 Å². The summed E-state index contributed by atoms with van der Waals surface area (Å²) in [5.74, 6) is -0.635. The highest BCUT2D eigenvalue weighted by Gasteiger charge is 2.11. The van der Waals surface area contributed by atoms with Crippen molar-refractivity contribution in [3.63, 3.8) is 0 Å². The molecule has 0 saturated heterocycles. The topological polar surface area (TPSA) is 58.2 Å². The van der Waals surface area contributed by atoms with Crippen molar-refractivity contribution in [2.24, 2.45) is 0 Å². The van der Waals surface area contributed by atoms with Crippen LogP contribution in [0, 0.1) is 6.92 Å². The monoisotopic (exact) mass is 344 g/mol. The lowest BCUT2D eigenvalue weighted by atomic mass is 10.4. The fourth-order valence-electron chi connectivity index (χ4n) is 1.23. The van der Waals surface area contributed by atoms with Crippen molar-refractivity contribution in [1.29, 1.82) is 0 Å². The van der Waals surface area contributed by atoms with Gasteiger partial charge >= 0.3 is 0 Å². The van der Waals surface area contributed by atoms with Gasteiger partial charge in [-0.1, -0.05) is 0 Å². The molecule has 2 aromatic rings. The van der Waals surface area contributed by atoms with E-state index in [1.54, 1.807) is 18.2 Å². The van der Waals surface area contributed by atoms with E-state index in [1.165, 1.54) is 22.7 Å². The first-order valence-electron chi connectivity index (χ1n) is 4.99. The molecule has 7 heteroatoms. The van der Waals surface area contributed by atoms with Crippen LogP contribution in [0.4, 0.5) is 0 Å². The molecule has 0 spiro atoms. The van der Waals surface area contributed by atoms with Crippen LogP contribution in [0.5, 0.6) is 0 Å². The fraction of sp³-hybridized carbons (Fsp3) is 0.0909. The number of thiophene rings is 2. The summed E-state index contributed by atoms with van der Waals surface area (Å²) >= 11 is 5.96. The van der Waals surface area contributed by atoms with E-state index in [2.05, 4.69) is 26.8 Å². The normalized spacial score (nSPS) is 10.1. The van der Waals surface area contributed by atoms with Crippen LogP contribution in [0.1, 0.15) is 24.2 Å². The molecule has 2 aromatic heterocycles. The summed E-state index contributed by atoms with van der Waals surface area (Å²) in [5.41, 5.74) is 4.76. The number of halogens is 1. The van der Waals surface area contributed by atoms with Gasteiger partial charge in [-0.15, -0.1) is 22.7 Å². The van der Waals surface area contributed by atoms with Crippen molar-refractivity contribution in [2.45, 2.75) is 6.92 Å². The first-order valence-corrected chi connectivity index (χ1v) is 7.41. The molecule has 0 radical (unpaired) electrons. The molecule has 2 N–H and O–H groups in total. The first-order chi connectivity index (χ1) is 8.56. The molecule has 0 bridgehead atoms. The van der Waals surface area contributed by atoms with E-state index < -0.39 is 0 Å². The highest BCUT2D eigenvalue weighted by molar-refractivity contribution is 9.11. The lowest BCUT2D eigenvalue weighted by Gasteiger charge is -2.04. The van der Waals surface area contributed by atoms with Crippen LogP contribution in [0.15, 0.2) is 28.1 Å². The Morgan fingerprint density at radius 1 is 1.00 bits per heavy atom. The van der Waals surface area contributed by atoms with Gasteiger partial charge in [0.05, 0.1) is 13.5 Å². The second kappa shape index (κ2) is 5.64. The maximum Gasteiger partial charge on any atom is 0.279 e. The number of hydrazine groups is 1. The second-order valence-electron chi connectivity index (χ2n) is 3.42. The lowest BCUT2D eigenvalue weighted by molar-refractivity contribution is 0.0851. The summed E-state index contributed by atoms with van der Waals surface area (Å²) in [5, 5.41) is 0. The molecule has 0 unspecified atom stereocenters. The zero-order chi connectivity index (χ0) is 13.1. The van der Waals surface area contributed by atoms with E-state index in [0.717, 1.165) is 8.66 Å². The van der Waals surface area contributed by atoms with Crippen molar-refractivity contribution >= 4 is 50.4 Å². The zero-order valence-corrected chi connectivity index (χ0v) is 12.5. The molecule has 0 aliphatic rings. The summed E-state index contributed by atoms with van der Waals surface area (Å²) < 4.78 is 0.868. The molecule has 0 aliphatic heterocycles. The van der Waals surface area contributed by atoms with Gasteiger partial charge in [-0.3, -0.25) is 20.4 Å². The number of carbonyl (C=O) groups excluding carboxylic acids is 2. The molecule has 0 fully saturated rings. The third-order valence-electron chi connectivity index (χ3n) is 2.05. The Hall–Kier alpha value is -1.18. The van der Waals surface area contributed by atoms with Crippen LogP contribution in [0.3, 0.4) is 0 Å². The molecule has 4 nitrogen and oxygen atoms in total. The zero-order valence-electron chi connectivity index (χ0n) is 9.32. The van der Waals surface area contributed by atoms with Gasteiger partial charge in [0.15, 0.2) is 0 Å². The molecule has 18 heavy (non-hydrogen) atoms. The van der Waals surface area contributed by atoms with Crippen molar-refractivity contribution in [2.75, 3.05) is 0 Å². The summed E-state index contributed by atoms with van der Waals surface area (Å²) in [4.78, 5) is 25.5. The first kappa shape index (κ1) is 13.3. The number of hydrogen-bond acceptors (Lipinski definition) is 4. The largest absolute Gasteiger partial charge is 0.279 e. The molecule has 0 aliphatic carbocycles. The predicted molar refractivity (Wildman–Crippen MR) is 76.0 cm³/mol. The summed E-state index contributed by atoms with van der Waals surface area (Å²) in [6.07, 6.45) is 0. The van der Waals surface area contributed by atoms with Crippen molar-refractivity contribution in [3.05, 3.63) is 42.7 Å². The van der Waals surface area contributed by atoms with Gasteiger partial charge < -0.3 is 0 Å². The summed E-state index contributed by atoms with van der Waals surface area (Å²) in [7, 11) is 0. The maximum atomic E-state index is 11.7. The number of carbonyl (C=O) groups is 2. The molecule has 94 valence electrons. The summed E-state index contributed by atoms with van der Waals surface area (Å²) in [6, 6.07) is 7.05. The van der Waals surface area contributed by atoms with Crippen molar-refractivity contribution in [3.8, 4) is 0 Å². The highest BCUT2D eigenvalue weighted by Crippen LogP contribution is 2.21. The van der Waals surface area contributed by atoms with Crippen LogP contribution < -0.4 is 10.9 Å². The molecule has 0 aromatic carbocycles. The number of aryl methyl sites for hydroxylation is 1. The molecular weight excluding hydrogens is 336 g/mol. The maximum absolute atomic E-state index is 11.7. The van der Waals surface area contributed by atoms with Gasteiger partial charge in [0, 0.05) is 4.88 Å². The van der Waals surface area contributed by atoms with Crippen molar-refractivity contribution in [1.82, 2.24) is 10.9 Å². The van der Waals surface area contributed by atoms with Crippen LogP contribution in [0.2, 0.25) is 0 Å². The van der Waals surface area contributed by atoms with Crippen LogP contribution in [-0.4, -0.2) is 11.8 Å². The van der Waals surface area contributed by atoms with Gasteiger partial charge in [0.2, 0.25) is 0 Å². The average Bonchev–Trinajstić information content (AvgIpc) is 2.94. The van der Waals surface area contributed by atoms with Gasteiger partial charge in [0.25, 0.3) is 11.8 Å². The molecule has 0 saturated carbocycles. The minimum Gasteiger partial charge on any atom is -0.266 e. The molecule has 0 atom stereocenters. The quantitative estimate of drug-likeness (QED) is 0.823. The van der Waals surface area contributed by atoms with Crippen LogP contribution >= 0.6 is 38.6 Å². The minimum absolute atomic E-state index is 0.308. The average molecular weight is 345 g/mol. The Morgan fingerprint density at radius 2 is 1.56 bits per heavy atom. The second-order valence-corrected chi connectivity index (χ2v) is 7.17. The Labute approximate surface area is 120 Å². The van der Waals surface area contributed by atoms with E-state index >= 15 is 0 Å². The molecule has 2 heterocycles. The standard InChI is InChI=1S/C11H9BrN2O2S2/c1-6-2-3-7(17-6)10(15)13-14-11(16)8-4-5-9(12)18-8/h2-5H,1H3,(H,13,15)(H,14,16). The van der Waals surface area contributed by atoms with Crippen molar-refractivity contribution < 1.29 is 9.59 Å². The van der Waals surface area contributed by atoms with Gasteiger partial charge in [-0.2, -0.15) is 0 Å². The van der Waals surface area contributed by atoms with Gasteiger partial charge in [-0.25, -0.2) is 0 Å².